The van der Waals surface area contributed by atoms with Crippen LogP contribution < -0.4 is 18.9 Å². The van der Waals surface area contributed by atoms with Gasteiger partial charge in [0.05, 0.1) is 0 Å². The van der Waals surface area contributed by atoms with Crippen LogP contribution in [0.3, 0.4) is 0 Å². The number of nitrogens with zero attached hydrogens (tertiary/aromatic N) is 1. The quantitative estimate of drug-likeness (QED) is 0.277. The van der Waals surface area contributed by atoms with Crippen molar-refractivity contribution in [3.8, 4) is 0 Å². The molecule has 0 spiro atoms. The molecule has 0 aliphatic heterocycles. The number of hydrogen-bond acceptors (Lipinski definition) is 1. The Morgan fingerprint density at radius 2 is 1.60 bits per heavy atom. The molecular formula is C13H26LiN. The van der Waals surface area contributed by atoms with Gasteiger partial charge < -0.3 is 11.2 Å². The van der Waals surface area contributed by atoms with E-state index in [1.54, 1.807) is 0 Å². The molecule has 0 heterocycles. The van der Waals surface area contributed by atoms with Crippen LogP contribution in [-0.4, -0.2) is 11.8 Å². The third-order valence-corrected chi connectivity index (χ3v) is 1.99. The van der Waals surface area contributed by atoms with Gasteiger partial charge >= 0.3 is 18.9 Å². The summed E-state index contributed by atoms with van der Waals surface area (Å²) in [5.74, 6) is 0. The third-order valence-electron chi connectivity index (χ3n) is 1.99. The van der Waals surface area contributed by atoms with Gasteiger partial charge in [0.25, 0.3) is 0 Å². The van der Waals surface area contributed by atoms with E-state index in [-0.39, 0.29) is 24.4 Å². The van der Waals surface area contributed by atoms with Gasteiger partial charge in [-0.1, -0.05) is 40.5 Å². The summed E-state index contributed by atoms with van der Waals surface area (Å²) in [6.45, 7) is 13.4. The van der Waals surface area contributed by atoms with Gasteiger partial charge in [-0.3, -0.25) is 0 Å². The Labute approximate surface area is 108 Å². The summed E-state index contributed by atoms with van der Waals surface area (Å²) >= 11 is 0. The molecule has 2 heteroatoms. The molecule has 0 saturated heterocycles. The number of hydrogen-bond donors (Lipinski definition) is 0. The van der Waals surface area contributed by atoms with Crippen LogP contribution in [0.5, 0.6) is 0 Å². The predicted octanol–water partition coefficient (Wildman–Crippen LogP) is 1.34. The zero-order chi connectivity index (χ0) is 11.2. The van der Waals surface area contributed by atoms with Crippen molar-refractivity contribution in [3.05, 3.63) is 0 Å². The van der Waals surface area contributed by atoms with Gasteiger partial charge in [0.1, 0.15) is 0 Å². The van der Waals surface area contributed by atoms with E-state index in [0.717, 1.165) is 12.8 Å². The second-order valence-electron chi connectivity index (χ2n) is 5.92. The summed E-state index contributed by atoms with van der Waals surface area (Å²) in [6.07, 6.45) is 7.72. The van der Waals surface area contributed by atoms with E-state index in [0.29, 0.717) is 5.41 Å². The molecule has 0 aromatic heterocycles. The fourth-order valence-corrected chi connectivity index (χ4v) is 1.86. The predicted molar refractivity (Wildman–Crippen MR) is 65.1 cm³/mol. The van der Waals surface area contributed by atoms with E-state index in [1.165, 1.54) is 12.8 Å². The minimum absolute atomic E-state index is 0. The summed E-state index contributed by atoms with van der Waals surface area (Å²) < 4.78 is 0. The van der Waals surface area contributed by atoms with E-state index in [4.69, 9.17) is 0 Å². The summed E-state index contributed by atoms with van der Waals surface area (Å²) in [5, 5.41) is 0. The van der Waals surface area contributed by atoms with Crippen molar-refractivity contribution in [1.29, 1.82) is 0 Å². The number of unbranched alkanes of at least 4 members (excludes halogenated alkanes) is 2. The van der Waals surface area contributed by atoms with Crippen molar-refractivity contribution in [2.75, 3.05) is 0 Å². The molecule has 84 valence electrons. The maximum atomic E-state index is 4.53. The van der Waals surface area contributed by atoms with Crippen LogP contribution in [0, 0.1) is 5.41 Å². The van der Waals surface area contributed by atoms with Crippen molar-refractivity contribution in [2.45, 2.75) is 72.8 Å². The molecule has 0 amide bonds. The van der Waals surface area contributed by atoms with Gasteiger partial charge in [-0.15, -0.1) is 0 Å². The number of rotatable bonds is 5. The monoisotopic (exact) mass is 203 g/mol. The first-order valence-corrected chi connectivity index (χ1v) is 5.71. The zero-order valence-electron chi connectivity index (χ0n) is 11.8. The standard InChI is InChI=1S/C13H26N.Li/c1-7-8-9-10-14-13(5,6)11-12(2,3)4;/h7-9,11H2,1-6H3;/q-1;+1. The Morgan fingerprint density at radius 1 is 1.07 bits per heavy atom. The molecular weight excluding hydrogens is 177 g/mol. The summed E-state index contributed by atoms with van der Waals surface area (Å²) in [4.78, 5) is 4.53. The van der Waals surface area contributed by atoms with E-state index >= 15 is 0 Å². The van der Waals surface area contributed by atoms with Crippen LogP contribution in [0.1, 0.15) is 67.2 Å². The molecule has 0 aliphatic carbocycles. The summed E-state index contributed by atoms with van der Waals surface area (Å²) in [5.41, 5.74) is 0.394. The van der Waals surface area contributed by atoms with Crippen LogP contribution in [0.4, 0.5) is 0 Å². The SMILES string of the molecule is CCCC[C-]=NC(C)(C)CC(C)(C)C.[Li+]. The first-order chi connectivity index (χ1) is 6.27. The molecule has 0 fully saturated rings. The van der Waals surface area contributed by atoms with Crippen molar-refractivity contribution < 1.29 is 18.9 Å². The second kappa shape index (κ2) is 7.53. The average Bonchev–Trinajstić information content (AvgIpc) is 1.93. The second-order valence-corrected chi connectivity index (χ2v) is 5.92. The van der Waals surface area contributed by atoms with Gasteiger partial charge in [0.2, 0.25) is 0 Å². The largest absolute Gasteiger partial charge is 1.00 e. The smallest absolute Gasteiger partial charge is 0.498 e. The molecule has 0 atom stereocenters. The Balaban J connectivity index is 0. The Hall–Kier alpha value is 0.267. The Kier molecular flexibility index (Phi) is 8.86. The van der Waals surface area contributed by atoms with Gasteiger partial charge in [-0.2, -0.15) is 6.42 Å². The maximum absolute atomic E-state index is 4.53. The Morgan fingerprint density at radius 3 is 2.00 bits per heavy atom. The minimum Gasteiger partial charge on any atom is -0.498 e. The molecule has 0 rings (SSSR count). The van der Waals surface area contributed by atoms with E-state index in [1.807, 2.05) is 0 Å². The molecule has 1 nitrogen and oxygen atoms in total. The number of aliphatic imine (C=N–C) groups is 1. The summed E-state index contributed by atoms with van der Waals surface area (Å²) in [7, 11) is 0. The third kappa shape index (κ3) is 12.2. The maximum Gasteiger partial charge on any atom is 1.00 e. The van der Waals surface area contributed by atoms with Crippen molar-refractivity contribution in [2.24, 2.45) is 10.4 Å². The van der Waals surface area contributed by atoms with Crippen molar-refractivity contribution >= 4 is 6.21 Å². The van der Waals surface area contributed by atoms with E-state index in [9.17, 15) is 0 Å². The molecule has 0 aromatic rings. The summed E-state index contributed by atoms with van der Waals surface area (Å²) in [6, 6.07) is 0. The van der Waals surface area contributed by atoms with Gasteiger partial charge in [0.15, 0.2) is 0 Å². The fraction of sp³-hybridized carbons (Fsp3) is 0.923. The fourth-order valence-electron chi connectivity index (χ4n) is 1.86. The molecule has 15 heavy (non-hydrogen) atoms. The van der Waals surface area contributed by atoms with Crippen LogP contribution in [0.15, 0.2) is 4.99 Å². The average molecular weight is 203 g/mol. The van der Waals surface area contributed by atoms with E-state index < -0.39 is 0 Å². The van der Waals surface area contributed by atoms with Crippen LogP contribution in [-0.2, 0) is 0 Å². The molecule has 0 aliphatic rings. The van der Waals surface area contributed by atoms with Crippen molar-refractivity contribution in [3.63, 3.8) is 0 Å². The first-order valence-electron chi connectivity index (χ1n) is 5.71. The van der Waals surface area contributed by atoms with Crippen LogP contribution in [0.25, 0.3) is 0 Å². The van der Waals surface area contributed by atoms with Gasteiger partial charge in [-0.05, 0) is 25.7 Å². The first kappa shape index (κ1) is 17.7. The van der Waals surface area contributed by atoms with E-state index in [2.05, 4.69) is 52.7 Å². The Bertz CT molecular complexity index is 177. The van der Waals surface area contributed by atoms with Crippen LogP contribution in [0.2, 0.25) is 0 Å². The molecule has 0 aromatic carbocycles. The zero-order valence-corrected chi connectivity index (χ0v) is 11.8. The molecule has 0 N–H and O–H groups in total. The normalized spacial score (nSPS) is 12.9. The molecule has 0 radical (unpaired) electrons. The van der Waals surface area contributed by atoms with Gasteiger partial charge in [-0.25, -0.2) is 0 Å². The molecule has 0 unspecified atom stereocenters. The van der Waals surface area contributed by atoms with Crippen molar-refractivity contribution in [1.82, 2.24) is 0 Å². The van der Waals surface area contributed by atoms with Crippen LogP contribution >= 0.6 is 0 Å². The molecule has 0 bridgehead atoms. The minimum atomic E-state index is 0. The molecule has 0 saturated carbocycles. The van der Waals surface area contributed by atoms with Gasteiger partial charge in [0, 0.05) is 5.54 Å². The topological polar surface area (TPSA) is 12.4 Å².